The summed E-state index contributed by atoms with van der Waals surface area (Å²) in [6.07, 6.45) is -2.81. The molecule has 0 saturated carbocycles. The molecule has 48 heavy (non-hydrogen) atoms. The van der Waals surface area contributed by atoms with Crippen molar-refractivity contribution in [2.45, 2.75) is 37.9 Å². The maximum Gasteiger partial charge on any atom is 0.252 e. The van der Waals surface area contributed by atoms with E-state index < -0.39 is 95.5 Å². The van der Waals surface area contributed by atoms with Crippen LogP contribution in [0.2, 0.25) is 0 Å². The Morgan fingerprint density at radius 1 is 0.812 bits per heavy atom. The molecule has 2 atom stereocenters. The molecule has 0 spiro atoms. The number of nitrogens with one attached hydrogen (secondary N) is 5. The number of ketones is 2. The molecule has 0 radical (unpaired) electrons. The molecule has 256 valence electrons. The fourth-order valence-corrected chi connectivity index (χ4v) is 5.51. The molecule has 0 bridgehead atoms. The molecule has 5 amide bonds. The van der Waals surface area contributed by atoms with Gasteiger partial charge in [0.2, 0.25) is 29.4 Å². The summed E-state index contributed by atoms with van der Waals surface area (Å²) in [5.41, 5.74) is -4.20. The third-order valence-corrected chi connectivity index (χ3v) is 7.91. The number of benzene rings is 2. The van der Waals surface area contributed by atoms with Crippen molar-refractivity contribution in [3.8, 4) is 17.2 Å². The minimum atomic E-state index is -2.32. The molecule has 17 nitrogen and oxygen atoms in total. The fraction of sp³-hybridized carbons (Fsp3) is 0.387. The van der Waals surface area contributed by atoms with Crippen LogP contribution in [0.4, 0.5) is 0 Å². The number of aromatic hydroxyl groups is 2. The average molecular weight is 670 g/mol. The van der Waals surface area contributed by atoms with Gasteiger partial charge >= 0.3 is 0 Å². The highest BCUT2D eigenvalue weighted by molar-refractivity contribution is 6.31. The normalized spacial score (nSPS) is 17.6. The van der Waals surface area contributed by atoms with Gasteiger partial charge in [0.05, 0.1) is 49.5 Å². The van der Waals surface area contributed by atoms with Gasteiger partial charge in [0.15, 0.2) is 5.78 Å². The van der Waals surface area contributed by atoms with Gasteiger partial charge in [0, 0.05) is 49.0 Å². The van der Waals surface area contributed by atoms with Crippen molar-refractivity contribution in [1.82, 2.24) is 26.6 Å². The van der Waals surface area contributed by atoms with Crippen molar-refractivity contribution in [3.05, 3.63) is 51.6 Å². The van der Waals surface area contributed by atoms with Crippen LogP contribution in [-0.4, -0.2) is 107 Å². The Morgan fingerprint density at radius 3 is 1.98 bits per heavy atom. The first-order chi connectivity index (χ1) is 22.7. The van der Waals surface area contributed by atoms with E-state index >= 15 is 0 Å². The minimum absolute atomic E-state index is 0.0672. The molecule has 0 aromatic heterocycles. The number of rotatable bonds is 12. The van der Waals surface area contributed by atoms with E-state index in [-0.39, 0.29) is 60.0 Å². The van der Waals surface area contributed by atoms with E-state index in [0.29, 0.717) is 0 Å². The van der Waals surface area contributed by atoms with E-state index in [9.17, 15) is 54.0 Å². The molecule has 9 N–H and O–H groups in total. The predicted octanol–water partition coefficient (Wildman–Crippen LogP) is -2.42. The van der Waals surface area contributed by atoms with E-state index in [0.717, 1.165) is 0 Å². The highest BCUT2D eigenvalue weighted by Gasteiger charge is 2.48. The standard InChI is InChI=1S/C31H35N5O12/c1-3-18(38)34-12-20(40)36-13-21(41)35-11-19(39)32-7-8-33-30(46)31(47)9-15-22(16(37)10-31)28(44)25-24(27(15)43)26(42)14-5-4-6-17(48-2)23(14)29(25)45/h4-6,16,37,43-44,47H,3,7-13H2,1-2H3,(H,32,39)(H,33,46)(H,34,38)(H,35,41)(H,36,40). The number of phenols is 2. The first-order valence-corrected chi connectivity index (χ1v) is 14.9. The van der Waals surface area contributed by atoms with Crippen molar-refractivity contribution < 1.29 is 58.7 Å². The molecule has 0 heterocycles. The van der Waals surface area contributed by atoms with Crippen molar-refractivity contribution >= 4 is 41.1 Å². The zero-order valence-electron chi connectivity index (χ0n) is 26.0. The van der Waals surface area contributed by atoms with Gasteiger partial charge in [-0.25, -0.2) is 0 Å². The maximum absolute atomic E-state index is 13.4. The lowest BCUT2D eigenvalue weighted by atomic mass is 9.72. The number of carbonyl (C=O) groups is 7. The first kappa shape index (κ1) is 35.3. The zero-order valence-corrected chi connectivity index (χ0v) is 26.0. The van der Waals surface area contributed by atoms with Gasteiger partial charge in [-0.3, -0.25) is 33.6 Å². The SMILES string of the molecule is CCC(=O)NCC(=O)NCC(=O)NCC(=O)NCCNC(=O)C1(O)Cc2c(O)c3c(c(O)c2C(O)C1)C(=O)c1c(OC)cccc1C3=O. The van der Waals surface area contributed by atoms with Gasteiger partial charge in [-0.1, -0.05) is 19.1 Å². The molecule has 2 aliphatic rings. The summed E-state index contributed by atoms with van der Waals surface area (Å²) in [4.78, 5) is 86.6. The first-order valence-electron chi connectivity index (χ1n) is 14.9. The Balaban J connectivity index is 1.34. The summed E-state index contributed by atoms with van der Waals surface area (Å²) in [5.74, 6) is -6.32. The van der Waals surface area contributed by atoms with Crippen molar-refractivity contribution in [1.29, 1.82) is 0 Å². The topological polar surface area (TPSA) is 270 Å². The van der Waals surface area contributed by atoms with Gasteiger partial charge in [-0.2, -0.15) is 0 Å². The Hall–Kier alpha value is -5.55. The molecule has 4 rings (SSSR count). The Labute approximate surface area is 273 Å². The van der Waals surface area contributed by atoms with Crippen molar-refractivity contribution in [2.75, 3.05) is 39.8 Å². The van der Waals surface area contributed by atoms with Gasteiger partial charge < -0.3 is 51.7 Å². The quantitative estimate of drug-likeness (QED) is 0.0721. The number of hydrogen-bond acceptors (Lipinski definition) is 12. The third-order valence-electron chi connectivity index (χ3n) is 7.91. The van der Waals surface area contributed by atoms with Crippen LogP contribution in [0.1, 0.15) is 68.8 Å². The minimum Gasteiger partial charge on any atom is -0.507 e. The highest BCUT2D eigenvalue weighted by Crippen LogP contribution is 2.50. The molecule has 17 heteroatoms. The largest absolute Gasteiger partial charge is 0.507 e. The Bertz CT molecular complexity index is 1710. The number of aliphatic hydroxyl groups is 2. The summed E-state index contributed by atoms with van der Waals surface area (Å²) in [5, 5.41) is 56.1. The van der Waals surface area contributed by atoms with E-state index in [4.69, 9.17) is 4.74 Å². The van der Waals surface area contributed by atoms with Gasteiger partial charge in [0.1, 0.15) is 22.8 Å². The highest BCUT2D eigenvalue weighted by atomic mass is 16.5. The average Bonchev–Trinajstić information content (AvgIpc) is 3.06. The molecule has 0 aliphatic heterocycles. The van der Waals surface area contributed by atoms with Crippen molar-refractivity contribution in [2.24, 2.45) is 0 Å². The monoisotopic (exact) mass is 669 g/mol. The number of ether oxygens (including phenoxy) is 1. The Morgan fingerprint density at radius 2 is 1.38 bits per heavy atom. The summed E-state index contributed by atoms with van der Waals surface area (Å²) in [6, 6.07) is 4.27. The van der Waals surface area contributed by atoms with Crippen LogP contribution in [0.25, 0.3) is 0 Å². The van der Waals surface area contributed by atoms with Crippen LogP contribution in [0.15, 0.2) is 18.2 Å². The van der Waals surface area contributed by atoms with Crippen LogP contribution >= 0.6 is 0 Å². The van der Waals surface area contributed by atoms with E-state index in [1.54, 1.807) is 6.92 Å². The number of amides is 5. The van der Waals surface area contributed by atoms with Crippen LogP contribution in [0.5, 0.6) is 17.2 Å². The lowest BCUT2D eigenvalue weighted by Crippen LogP contribution is -2.52. The number of fused-ring (bicyclic) bond motifs is 3. The second kappa shape index (κ2) is 14.5. The molecule has 0 fully saturated rings. The number of methoxy groups -OCH3 is 1. The Kier molecular flexibility index (Phi) is 10.6. The molecular weight excluding hydrogens is 634 g/mol. The van der Waals surface area contributed by atoms with E-state index in [1.165, 1.54) is 25.3 Å². The third kappa shape index (κ3) is 7.06. The smallest absolute Gasteiger partial charge is 0.252 e. The van der Waals surface area contributed by atoms with Gasteiger partial charge in [-0.05, 0) is 6.07 Å². The summed E-state index contributed by atoms with van der Waals surface area (Å²) < 4.78 is 5.20. The molecule has 2 aromatic carbocycles. The molecule has 0 saturated heterocycles. The number of hydrogen-bond donors (Lipinski definition) is 9. The summed E-state index contributed by atoms with van der Waals surface area (Å²) in [7, 11) is 1.29. The van der Waals surface area contributed by atoms with Crippen LogP contribution < -0.4 is 31.3 Å². The van der Waals surface area contributed by atoms with E-state index in [1.807, 2.05) is 0 Å². The lowest BCUT2D eigenvalue weighted by molar-refractivity contribution is -0.144. The fourth-order valence-electron chi connectivity index (χ4n) is 5.51. The number of carbonyl (C=O) groups excluding carboxylic acids is 7. The van der Waals surface area contributed by atoms with Gasteiger partial charge in [0.25, 0.3) is 5.91 Å². The number of aliphatic hydroxyl groups excluding tert-OH is 1. The van der Waals surface area contributed by atoms with Crippen molar-refractivity contribution in [3.63, 3.8) is 0 Å². The second-order valence-corrected chi connectivity index (χ2v) is 11.1. The van der Waals surface area contributed by atoms with Crippen LogP contribution in [-0.2, 0) is 30.4 Å². The van der Waals surface area contributed by atoms with Gasteiger partial charge in [-0.15, -0.1) is 0 Å². The van der Waals surface area contributed by atoms with Crippen LogP contribution in [0, 0.1) is 0 Å². The summed E-state index contributed by atoms with van der Waals surface area (Å²) >= 11 is 0. The van der Waals surface area contributed by atoms with Crippen LogP contribution in [0.3, 0.4) is 0 Å². The van der Waals surface area contributed by atoms with E-state index in [2.05, 4.69) is 26.6 Å². The molecule has 2 aliphatic carbocycles. The second-order valence-electron chi connectivity index (χ2n) is 11.1. The predicted molar refractivity (Wildman–Crippen MR) is 163 cm³/mol. The number of phenolic OH excluding ortho intramolecular Hbond substituents is 2. The lowest BCUT2D eigenvalue weighted by Gasteiger charge is -2.37. The molecule has 2 unspecified atom stereocenters. The zero-order chi connectivity index (χ0) is 35.3. The summed E-state index contributed by atoms with van der Waals surface area (Å²) in [6.45, 7) is 0.0971. The molecular formula is C31H35N5O12. The molecule has 2 aromatic rings. The maximum atomic E-state index is 13.4.